The first-order valence-electron chi connectivity index (χ1n) is 11.6. The van der Waals surface area contributed by atoms with Crippen LogP contribution < -0.4 is 4.90 Å². The molecule has 1 fully saturated rings. The lowest BCUT2D eigenvalue weighted by molar-refractivity contribution is -0.117. The van der Waals surface area contributed by atoms with Crippen LogP contribution in [0.1, 0.15) is 35.6 Å². The van der Waals surface area contributed by atoms with Gasteiger partial charge in [-0.3, -0.25) is 4.79 Å². The van der Waals surface area contributed by atoms with E-state index in [9.17, 15) is 4.79 Å². The number of carbonyl (C=O) groups excluding carboxylic acids is 1. The van der Waals surface area contributed by atoms with Crippen molar-refractivity contribution >= 4 is 11.6 Å². The van der Waals surface area contributed by atoms with Crippen LogP contribution in [0.5, 0.6) is 0 Å². The molecule has 0 N–H and O–H groups in total. The first kappa shape index (κ1) is 20.9. The molecule has 4 nitrogen and oxygen atoms in total. The van der Waals surface area contributed by atoms with Crippen LogP contribution in [-0.2, 0) is 16.0 Å². The fraction of sp³-hybridized carbons (Fsp3) is 0.321. The number of anilines is 1. The molecule has 2 aliphatic rings. The quantitative estimate of drug-likeness (QED) is 0.542. The van der Waals surface area contributed by atoms with E-state index < -0.39 is 0 Å². The third kappa shape index (κ3) is 4.62. The molecule has 4 heteroatoms. The molecule has 0 atom stereocenters. The van der Waals surface area contributed by atoms with Crippen molar-refractivity contribution in [3.05, 3.63) is 102 Å². The number of rotatable bonds is 7. The van der Waals surface area contributed by atoms with Crippen molar-refractivity contribution < 1.29 is 9.53 Å². The van der Waals surface area contributed by atoms with E-state index in [1.807, 2.05) is 29.2 Å². The summed E-state index contributed by atoms with van der Waals surface area (Å²) >= 11 is 0. The maximum atomic E-state index is 12.4. The average molecular weight is 427 g/mol. The van der Waals surface area contributed by atoms with Crippen molar-refractivity contribution in [1.29, 1.82) is 0 Å². The molecule has 3 aromatic carbocycles. The predicted octanol–water partition coefficient (Wildman–Crippen LogP) is 4.85. The molecule has 2 heterocycles. The number of benzene rings is 3. The summed E-state index contributed by atoms with van der Waals surface area (Å²) in [4.78, 5) is 16.9. The Kier molecular flexibility index (Phi) is 6.33. The lowest BCUT2D eigenvalue weighted by Gasteiger charge is -2.35. The number of likely N-dealkylation sites (tertiary alicyclic amines) is 1. The zero-order valence-electron chi connectivity index (χ0n) is 18.4. The van der Waals surface area contributed by atoms with Gasteiger partial charge in [-0.25, -0.2) is 0 Å². The van der Waals surface area contributed by atoms with E-state index in [-0.39, 0.29) is 18.1 Å². The minimum atomic E-state index is -0.0346. The number of para-hydroxylation sites is 1. The minimum absolute atomic E-state index is 0.0346. The van der Waals surface area contributed by atoms with Crippen LogP contribution in [0, 0.1) is 0 Å². The Hall–Kier alpha value is -2.95. The summed E-state index contributed by atoms with van der Waals surface area (Å²) in [6, 6.07) is 29.2. The molecule has 0 aliphatic carbocycles. The van der Waals surface area contributed by atoms with Gasteiger partial charge in [0.25, 0.3) is 0 Å². The number of carbonyl (C=O) groups is 1. The molecular formula is C28H30N2O2. The predicted molar refractivity (Wildman–Crippen MR) is 128 cm³/mol. The summed E-state index contributed by atoms with van der Waals surface area (Å²) in [6.07, 6.45) is 2.77. The van der Waals surface area contributed by atoms with E-state index >= 15 is 0 Å². The van der Waals surface area contributed by atoms with Crippen molar-refractivity contribution in [1.82, 2.24) is 4.90 Å². The molecular weight excluding hydrogens is 396 g/mol. The fourth-order valence-electron chi connectivity index (χ4n) is 4.87. The molecule has 0 radical (unpaired) electrons. The molecule has 0 bridgehead atoms. The summed E-state index contributed by atoms with van der Waals surface area (Å²) < 4.78 is 6.66. The van der Waals surface area contributed by atoms with Gasteiger partial charge in [0.15, 0.2) is 0 Å². The summed E-state index contributed by atoms with van der Waals surface area (Å²) in [5.74, 6) is 0.220. The highest BCUT2D eigenvalue weighted by atomic mass is 16.5. The Morgan fingerprint density at radius 1 is 0.781 bits per heavy atom. The van der Waals surface area contributed by atoms with E-state index in [1.165, 1.54) is 11.1 Å². The van der Waals surface area contributed by atoms with Crippen LogP contribution in [0.4, 0.5) is 5.69 Å². The van der Waals surface area contributed by atoms with E-state index in [1.54, 1.807) is 0 Å². The number of hydrogen-bond acceptors (Lipinski definition) is 3. The minimum Gasteiger partial charge on any atom is -0.365 e. The summed E-state index contributed by atoms with van der Waals surface area (Å²) in [7, 11) is 0. The third-order valence-corrected chi connectivity index (χ3v) is 6.63. The molecule has 0 spiro atoms. The fourth-order valence-corrected chi connectivity index (χ4v) is 4.87. The van der Waals surface area contributed by atoms with Crippen LogP contribution in [0.15, 0.2) is 84.9 Å². The molecule has 1 amide bonds. The van der Waals surface area contributed by atoms with Crippen molar-refractivity contribution in [2.45, 2.75) is 31.5 Å². The smallest absolute Gasteiger partial charge is 0.231 e. The lowest BCUT2D eigenvalue weighted by atomic mass is 10.00. The van der Waals surface area contributed by atoms with Crippen LogP contribution in [0.3, 0.4) is 0 Å². The van der Waals surface area contributed by atoms with Gasteiger partial charge in [0, 0.05) is 31.9 Å². The molecule has 164 valence electrons. The van der Waals surface area contributed by atoms with Gasteiger partial charge in [-0.1, -0.05) is 78.9 Å². The van der Waals surface area contributed by atoms with Crippen LogP contribution in [-0.4, -0.2) is 43.1 Å². The summed E-state index contributed by atoms with van der Waals surface area (Å²) in [5.41, 5.74) is 4.64. The Bertz CT molecular complexity index is 990. The molecule has 3 aromatic rings. The molecule has 0 aromatic heterocycles. The van der Waals surface area contributed by atoms with Gasteiger partial charge in [0.2, 0.25) is 5.91 Å². The van der Waals surface area contributed by atoms with Gasteiger partial charge < -0.3 is 14.5 Å². The molecule has 0 unspecified atom stereocenters. The van der Waals surface area contributed by atoms with E-state index in [4.69, 9.17) is 4.74 Å². The average Bonchev–Trinajstić information content (AvgIpc) is 3.18. The Morgan fingerprint density at radius 3 is 2.03 bits per heavy atom. The Balaban J connectivity index is 1.17. The van der Waals surface area contributed by atoms with Crippen molar-refractivity contribution in [2.24, 2.45) is 0 Å². The summed E-state index contributed by atoms with van der Waals surface area (Å²) in [6.45, 7) is 3.68. The topological polar surface area (TPSA) is 32.8 Å². The molecule has 5 rings (SSSR count). The number of nitrogens with zero attached hydrogens (tertiary/aromatic N) is 2. The first-order valence-corrected chi connectivity index (χ1v) is 11.6. The van der Waals surface area contributed by atoms with Crippen LogP contribution in [0.2, 0.25) is 0 Å². The molecule has 1 saturated heterocycles. The number of amides is 1. The Morgan fingerprint density at radius 2 is 1.38 bits per heavy atom. The number of piperidine rings is 1. The zero-order chi connectivity index (χ0) is 21.8. The molecule has 32 heavy (non-hydrogen) atoms. The monoisotopic (exact) mass is 426 g/mol. The first-order chi connectivity index (χ1) is 15.8. The standard InChI is InChI=1S/C28H30N2O2/c31-27-21-24-13-7-8-14-26(24)30(27)20-19-29-17-15-25(16-18-29)32-28(22-9-3-1-4-10-22)23-11-5-2-6-12-23/h1-14,25,28H,15-21H2. The van der Waals surface area contributed by atoms with E-state index in [0.717, 1.165) is 50.3 Å². The van der Waals surface area contributed by atoms with Gasteiger partial charge in [-0.2, -0.15) is 0 Å². The SMILES string of the molecule is O=C1Cc2ccccc2N1CCN1CCC(OC(c2ccccc2)c2ccccc2)CC1. The van der Waals surface area contributed by atoms with Crippen LogP contribution >= 0.6 is 0 Å². The van der Waals surface area contributed by atoms with Crippen molar-refractivity contribution in [3.63, 3.8) is 0 Å². The highest BCUT2D eigenvalue weighted by molar-refractivity contribution is 6.01. The maximum Gasteiger partial charge on any atom is 0.231 e. The van der Waals surface area contributed by atoms with Gasteiger partial charge in [0.05, 0.1) is 12.5 Å². The van der Waals surface area contributed by atoms with Gasteiger partial charge in [0.1, 0.15) is 6.10 Å². The van der Waals surface area contributed by atoms with Gasteiger partial charge in [-0.05, 0) is 35.6 Å². The highest BCUT2D eigenvalue weighted by Crippen LogP contribution is 2.31. The third-order valence-electron chi connectivity index (χ3n) is 6.63. The second kappa shape index (κ2) is 9.68. The second-order valence-electron chi connectivity index (χ2n) is 8.73. The zero-order valence-corrected chi connectivity index (χ0v) is 18.4. The van der Waals surface area contributed by atoms with Crippen molar-refractivity contribution in [3.8, 4) is 0 Å². The van der Waals surface area contributed by atoms with Crippen LogP contribution in [0.25, 0.3) is 0 Å². The van der Waals surface area contributed by atoms with E-state index in [0.29, 0.717) is 6.42 Å². The number of hydrogen-bond donors (Lipinski definition) is 0. The maximum absolute atomic E-state index is 12.4. The Labute approximate surface area is 190 Å². The lowest BCUT2D eigenvalue weighted by Crippen LogP contribution is -2.42. The molecule has 2 aliphatic heterocycles. The van der Waals surface area contributed by atoms with E-state index in [2.05, 4.69) is 65.6 Å². The molecule has 0 saturated carbocycles. The second-order valence-corrected chi connectivity index (χ2v) is 8.73. The number of fused-ring (bicyclic) bond motifs is 1. The van der Waals surface area contributed by atoms with Gasteiger partial charge in [-0.15, -0.1) is 0 Å². The normalized spacial score (nSPS) is 17.2. The summed E-state index contributed by atoms with van der Waals surface area (Å²) in [5, 5.41) is 0. The largest absolute Gasteiger partial charge is 0.365 e. The highest BCUT2D eigenvalue weighted by Gasteiger charge is 2.28. The van der Waals surface area contributed by atoms with Gasteiger partial charge >= 0.3 is 0 Å². The van der Waals surface area contributed by atoms with Crippen molar-refractivity contribution in [2.75, 3.05) is 31.1 Å². The number of ether oxygens (including phenoxy) is 1.